The number of nitro groups is 1. The maximum absolute atomic E-state index is 10.8. The van der Waals surface area contributed by atoms with Crippen LogP contribution in [0.5, 0.6) is 11.6 Å². The Balaban J connectivity index is 2.35. The average molecular weight is 339 g/mol. The van der Waals surface area contributed by atoms with Crippen LogP contribution in [0.2, 0.25) is 0 Å². The zero-order valence-corrected chi connectivity index (χ0v) is 11.4. The first-order valence-corrected chi connectivity index (χ1v) is 6.09. The van der Waals surface area contributed by atoms with Gasteiger partial charge >= 0.3 is 5.97 Å². The molecule has 2 rings (SSSR count). The molecular weight excluding hydrogens is 332 g/mol. The third-order valence-electron chi connectivity index (χ3n) is 2.30. The smallest absolute Gasteiger partial charge is 0.354 e. The molecule has 0 aliphatic heterocycles. The number of pyridine rings is 1. The van der Waals surface area contributed by atoms with Crippen LogP contribution in [-0.4, -0.2) is 21.0 Å². The molecule has 102 valence electrons. The van der Waals surface area contributed by atoms with Gasteiger partial charge in [0.15, 0.2) is 11.4 Å². The zero-order valence-electron chi connectivity index (χ0n) is 9.82. The minimum atomic E-state index is -1.19. The molecule has 0 fully saturated rings. The topological polar surface area (TPSA) is 103 Å². The number of carboxylic acid groups (broad SMARTS) is 1. The fourth-order valence-electron chi connectivity index (χ4n) is 1.42. The van der Waals surface area contributed by atoms with E-state index in [-0.39, 0.29) is 27.5 Å². The van der Waals surface area contributed by atoms with Crippen molar-refractivity contribution < 1.29 is 19.6 Å². The van der Waals surface area contributed by atoms with Gasteiger partial charge in [-0.05, 0) is 28.1 Å². The number of halogens is 1. The molecule has 2 aromatic rings. The van der Waals surface area contributed by atoms with Gasteiger partial charge in [-0.25, -0.2) is 9.78 Å². The lowest BCUT2D eigenvalue weighted by Crippen LogP contribution is -2.01. The number of hydrogen-bond acceptors (Lipinski definition) is 5. The summed E-state index contributed by atoms with van der Waals surface area (Å²) >= 11 is 3.08. The number of benzene rings is 1. The number of carbonyl (C=O) groups is 1. The van der Waals surface area contributed by atoms with E-state index in [0.717, 1.165) is 0 Å². The Labute approximate surface area is 121 Å². The number of hydrogen-bond donors (Lipinski definition) is 1. The predicted molar refractivity (Wildman–Crippen MR) is 72.1 cm³/mol. The van der Waals surface area contributed by atoms with Gasteiger partial charge in [-0.2, -0.15) is 0 Å². The van der Waals surface area contributed by atoms with Gasteiger partial charge in [-0.1, -0.05) is 12.1 Å². The van der Waals surface area contributed by atoms with Crippen LogP contribution in [0, 0.1) is 10.1 Å². The molecule has 1 heterocycles. The van der Waals surface area contributed by atoms with Crippen molar-refractivity contribution in [3.8, 4) is 11.6 Å². The second-order valence-electron chi connectivity index (χ2n) is 3.61. The van der Waals surface area contributed by atoms with Gasteiger partial charge < -0.3 is 9.84 Å². The number of carboxylic acids is 1. The number of nitro benzene ring substituents is 1. The number of rotatable bonds is 4. The molecule has 1 aromatic carbocycles. The van der Waals surface area contributed by atoms with Crippen molar-refractivity contribution in [3.63, 3.8) is 0 Å². The minimum Gasteiger partial charge on any atom is -0.477 e. The summed E-state index contributed by atoms with van der Waals surface area (Å²) < 4.78 is 5.52. The molecule has 0 atom stereocenters. The molecule has 0 aliphatic carbocycles. The van der Waals surface area contributed by atoms with Crippen molar-refractivity contribution in [2.45, 2.75) is 0 Å². The number of aromatic carboxylic acids is 1. The molecule has 0 bridgehead atoms. The molecule has 0 spiro atoms. The third-order valence-corrected chi connectivity index (χ3v) is 3.09. The Morgan fingerprint density at radius 3 is 2.65 bits per heavy atom. The van der Waals surface area contributed by atoms with Crippen LogP contribution in [0.15, 0.2) is 40.9 Å². The van der Waals surface area contributed by atoms with E-state index in [4.69, 9.17) is 9.84 Å². The van der Waals surface area contributed by atoms with Gasteiger partial charge in [0.05, 0.1) is 4.92 Å². The molecular formula is C12H7BrN2O5. The van der Waals surface area contributed by atoms with Crippen LogP contribution >= 0.6 is 15.9 Å². The van der Waals surface area contributed by atoms with E-state index in [1.54, 1.807) is 0 Å². The van der Waals surface area contributed by atoms with Crippen LogP contribution < -0.4 is 4.74 Å². The van der Waals surface area contributed by atoms with E-state index in [1.165, 1.54) is 36.4 Å². The summed E-state index contributed by atoms with van der Waals surface area (Å²) in [6.07, 6.45) is 0. The van der Waals surface area contributed by atoms with Gasteiger partial charge in [0.25, 0.3) is 5.69 Å². The Bertz CT molecular complexity index is 689. The van der Waals surface area contributed by atoms with Crippen LogP contribution in [-0.2, 0) is 0 Å². The summed E-state index contributed by atoms with van der Waals surface area (Å²) in [6.45, 7) is 0. The standard InChI is InChI=1S/C12H7BrN2O5/c13-11-8(15(18)19)4-2-5-9(11)20-10-6-1-3-7(14-10)12(16)17/h1-6H,(H,16,17). The van der Waals surface area contributed by atoms with Gasteiger partial charge in [0.2, 0.25) is 5.88 Å². The Kier molecular flexibility index (Phi) is 3.94. The molecule has 20 heavy (non-hydrogen) atoms. The highest BCUT2D eigenvalue weighted by Crippen LogP contribution is 2.35. The first kappa shape index (κ1) is 13.9. The van der Waals surface area contributed by atoms with Crippen LogP contribution in [0.1, 0.15) is 10.5 Å². The average Bonchev–Trinajstić information content (AvgIpc) is 2.41. The minimum absolute atomic E-state index is 0.0334. The highest BCUT2D eigenvalue weighted by Gasteiger charge is 2.17. The fraction of sp³-hybridized carbons (Fsp3) is 0. The van der Waals surface area contributed by atoms with Gasteiger partial charge in [0.1, 0.15) is 4.47 Å². The Morgan fingerprint density at radius 2 is 2.00 bits per heavy atom. The highest BCUT2D eigenvalue weighted by molar-refractivity contribution is 9.10. The lowest BCUT2D eigenvalue weighted by Gasteiger charge is -2.07. The second-order valence-corrected chi connectivity index (χ2v) is 4.41. The number of ether oxygens (including phenoxy) is 1. The second kappa shape index (κ2) is 5.66. The molecule has 0 saturated heterocycles. The highest BCUT2D eigenvalue weighted by atomic mass is 79.9. The van der Waals surface area contributed by atoms with Crippen molar-refractivity contribution in [2.75, 3.05) is 0 Å². The maximum atomic E-state index is 10.8. The zero-order chi connectivity index (χ0) is 14.7. The largest absolute Gasteiger partial charge is 0.477 e. The fourth-order valence-corrected chi connectivity index (χ4v) is 1.91. The van der Waals surface area contributed by atoms with Gasteiger partial charge in [-0.3, -0.25) is 10.1 Å². The van der Waals surface area contributed by atoms with E-state index in [1.807, 2.05) is 0 Å². The third kappa shape index (κ3) is 2.91. The number of nitrogens with zero attached hydrogens (tertiary/aromatic N) is 2. The van der Waals surface area contributed by atoms with Crippen molar-refractivity contribution in [3.05, 3.63) is 56.7 Å². The summed E-state index contributed by atoms with van der Waals surface area (Å²) in [5.74, 6) is -0.978. The molecule has 0 radical (unpaired) electrons. The van der Waals surface area contributed by atoms with Gasteiger partial charge in [-0.15, -0.1) is 0 Å². The summed E-state index contributed by atoms with van der Waals surface area (Å²) in [4.78, 5) is 24.8. The Morgan fingerprint density at radius 1 is 1.30 bits per heavy atom. The van der Waals surface area contributed by atoms with Gasteiger partial charge in [0, 0.05) is 12.1 Å². The number of aromatic nitrogens is 1. The van der Waals surface area contributed by atoms with Crippen molar-refractivity contribution in [2.24, 2.45) is 0 Å². The van der Waals surface area contributed by atoms with Crippen LogP contribution in [0.4, 0.5) is 5.69 Å². The summed E-state index contributed by atoms with van der Waals surface area (Å²) in [5.41, 5.74) is -0.332. The molecule has 0 aliphatic rings. The first-order valence-electron chi connectivity index (χ1n) is 5.30. The van der Waals surface area contributed by atoms with E-state index in [2.05, 4.69) is 20.9 Å². The Hall–Kier alpha value is -2.48. The van der Waals surface area contributed by atoms with Crippen molar-refractivity contribution in [1.82, 2.24) is 4.98 Å². The molecule has 0 amide bonds. The molecule has 8 heteroatoms. The SMILES string of the molecule is O=C(O)c1cccc(Oc2cccc([N+](=O)[O-])c2Br)n1. The normalized spacial score (nSPS) is 10.1. The van der Waals surface area contributed by atoms with Crippen molar-refractivity contribution >= 4 is 27.6 Å². The van der Waals surface area contributed by atoms with E-state index < -0.39 is 10.9 Å². The van der Waals surface area contributed by atoms with E-state index >= 15 is 0 Å². The van der Waals surface area contributed by atoms with Crippen LogP contribution in [0.25, 0.3) is 0 Å². The molecule has 1 N–H and O–H groups in total. The lowest BCUT2D eigenvalue weighted by molar-refractivity contribution is -0.385. The molecule has 1 aromatic heterocycles. The maximum Gasteiger partial charge on any atom is 0.354 e. The van der Waals surface area contributed by atoms with Crippen LogP contribution in [0.3, 0.4) is 0 Å². The van der Waals surface area contributed by atoms with E-state index in [9.17, 15) is 14.9 Å². The van der Waals surface area contributed by atoms with E-state index in [0.29, 0.717) is 0 Å². The molecule has 7 nitrogen and oxygen atoms in total. The predicted octanol–water partition coefficient (Wildman–Crippen LogP) is 3.24. The van der Waals surface area contributed by atoms with Crippen molar-refractivity contribution in [1.29, 1.82) is 0 Å². The first-order chi connectivity index (χ1) is 9.49. The summed E-state index contributed by atoms with van der Waals surface area (Å²) in [7, 11) is 0. The molecule has 0 saturated carbocycles. The lowest BCUT2D eigenvalue weighted by atomic mass is 10.3. The molecule has 0 unspecified atom stereocenters. The summed E-state index contributed by atoms with van der Waals surface area (Å²) in [6, 6.07) is 8.52. The quantitative estimate of drug-likeness (QED) is 0.678. The summed E-state index contributed by atoms with van der Waals surface area (Å²) in [5, 5.41) is 19.6. The monoisotopic (exact) mass is 338 g/mol.